The molecule has 1 saturated heterocycles. The van der Waals surface area contributed by atoms with E-state index in [1.807, 2.05) is 35.2 Å². The first-order chi connectivity index (χ1) is 12.0. The summed E-state index contributed by atoms with van der Waals surface area (Å²) < 4.78 is 0. The van der Waals surface area contributed by atoms with Gasteiger partial charge in [0.1, 0.15) is 6.04 Å². The maximum atomic E-state index is 12.2. The fourth-order valence-electron chi connectivity index (χ4n) is 2.82. The van der Waals surface area contributed by atoms with Crippen LogP contribution in [0.5, 0.6) is 0 Å². The van der Waals surface area contributed by atoms with Crippen LogP contribution < -0.4 is 10.6 Å². The van der Waals surface area contributed by atoms with Gasteiger partial charge in [-0.2, -0.15) is 0 Å². The molecule has 136 valence electrons. The van der Waals surface area contributed by atoms with Gasteiger partial charge in [0.2, 0.25) is 17.7 Å². The van der Waals surface area contributed by atoms with Crippen LogP contribution in [0, 0.1) is 0 Å². The fraction of sp³-hybridized carbons (Fsp3) is 0.500. The number of carbonyl (C=O) groups is 3. The van der Waals surface area contributed by atoms with Crippen LogP contribution in [-0.4, -0.2) is 66.3 Å². The largest absolute Gasteiger partial charge is 0.351 e. The molecule has 25 heavy (non-hydrogen) atoms. The minimum atomic E-state index is -0.516. The van der Waals surface area contributed by atoms with Gasteiger partial charge in [-0.15, -0.1) is 0 Å². The lowest BCUT2D eigenvalue weighted by Gasteiger charge is -2.35. The third-order valence-electron chi connectivity index (χ3n) is 4.17. The van der Waals surface area contributed by atoms with E-state index in [1.165, 1.54) is 6.92 Å². The van der Waals surface area contributed by atoms with Gasteiger partial charge in [0.15, 0.2) is 0 Å². The number of nitrogens with zero attached hydrogens (tertiary/aromatic N) is 2. The van der Waals surface area contributed by atoms with Crippen molar-refractivity contribution in [1.29, 1.82) is 0 Å². The maximum Gasteiger partial charge on any atom is 0.244 e. The number of carbonyl (C=O) groups excluding carboxylic acids is 3. The summed E-state index contributed by atoms with van der Waals surface area (Å²) in [5.74, 6) is -0.312. The van der Waals surface area contributed by atoms with E-state index >= 15 is 0 Å². The van der Waals surface area contributed by atoms with Crippen molar-refractivity contribution in [3.8, 4) is 0 Å². The Labute approximate surface area is 148 Å². The van der Waals surface area contributed by atoms with E-state index in [9.17, 15) is 14.4 Å². The predicted octanol–water partition coefficient (Wildman–Crippen LogP) is -0.0284. The van der Waals surface area contributed by atoms with Crippen molar-refractivity contribution < 1.29 is 14.4 Å². The molecule has 7 nitrogen and oxygen atoms in total. The summed E-state index contributed by atoms with van der Waals surface area (Å²) in [6, 6.07) is 9.26. The second-order valence-corrected chi connectivity index (χ2v) is 6.29. The zero-order valence-electron chi connectivity index (χ0n) is 14.8. The zero-order valence-corrected chi connectivity index (χ0v) is 14.8. The van der Waals surface area contributed by atoms with E-state index in [4.69, 9.17) is 0 Å². The Balaban J connectivity index is 1.70. The first kappa shape index (κ1) is 18.9. The maximum absolute atomic E-state index is 12.2. The fourth-order valence-corrected chi connectivity index (χ4v) is 2.82. The van der Waals surface area contributed by atoms with Crippen molar-refractivity contribution in [2.75, 3.05) is 32.7 Å². The summed E-state index contributed by atoms with van der Waals surface area (Å²) in [5.41, 5.74) is 1.07. The molecule has 7 heteroatoms. The molecule has 0 aromatic heterocycles. The van der Waals surface area contributed by atoms with Gasteiger partial charge in [-0.1, -0.05) is 30.3 Å². The summed E-state index contributed by atoms with van der Waals surface area (Å²) in [6.07, 6.45) is 0. The predicted molar refractivity (Wildman–Crippen MR) is 94.6 cm³/mol. The topological polar surface area (TPSA) is 81.8 Å². The Morgan fingerprint density at radius 3 is 2.32 bits per heavy atom. The van der Waals surface area contributed by atoms with E-state index in [2.05, 4.69) is 10.6 Å². The van der Waals surface area contributed by atoms with E-state index < -0.39 is 6.04 Å². The Hall–Kier alpha value is -2.41. The zero-order chi connectivity index (χ0) is 18.2. The molecule has 2 rings (SSSR count). The van der Waals surface area contributed by atoms with Gasteiger partial charge in [-0.25, -0.2) is 0 Å². The van der Waals surface area contributed by atoms with Crippen LogP contribution in [0.25, 0.3) is 0 Å². The Morgan fingerprint density at radius 1 is 1.08 bits per heavy atom. The molecule has 1 aromatic carbocycles. The number of nitrogens with one attached hydrogen (secondary N) is 2. The van der Waals surface area contributed by atoms with Crippen molar-refractivity contribution in [1.82, 2.24) is 20.4 Å². The van der Waals surface area contributed by atoms with E-state index in [-0.39, 0.29) is 17.7 Å². The Bertz CT molecular complexity index is 598. The van der Waals surface area contributed by atoms with E-state index in [1.54, 1.807) is 11.8 Å². The van der Waals surface area contributed by atoms with Gasteiger partial charge in [0, 0.05) is 39.6 Å². The molecule has 3 amide bonds. The highest BCUT2D eigenvalue weighted by Crippen LogP contribution is 2.04. The van der Waals surface area contributed by atoms with Crippen LogP contribution in [0.1, 0.15) is 19.4 Å². The normalized spacial score (nSPS) is 16.2. The summed E-state index contributed by atoms with van der Waals surface area (Å²) >= 11 is 0. The summed E-state index contributed by atoms with van der Waals surface area (Å²) in [4.78, 5) is 39.1. The third kappa shape index (κ3) is 6.19. The number of hydrogen-bond acceptors (Lipinski definition) is 4. The van der Waals surface area contributed by atoms with Crippen LogP contribution in [0.2, 0.25) is 0 Å². The second kappa shape index (κ2) is 9.17. The molecule has 1 aromatic rings. The van der Waals surface area contributed by atoms with Crippen molar-refractivity contribution in [2.24, 2.45) is 0 Å². The summed E-state index contributed by atoms with van der Waals surface area (Å²) in [5, 5.41) is 5.52. The van der Waals surface area contributed by atoms with Crippen LogP contribution in [0.4, 0.5) is 0 Å². The minimum absolute atomic E-state index is 0.0183. The Kier molecular flexibility index (Phi) is 6.94. The molecule has 2 N–H and O–H groups in total. The van der Waals surface area contributed by atoms with Gasteiger partial charge in [-0.3, -0.25) is 19.3 Å². The first-order valence-electron chi connectivity index (χ1n) is 8.54. The van der Waals surface area contributed by atoms with Crippen LogP contribution in [0.15, 0.2) is 30.3 Å². The van der Waals surface area contributed by atoms with E-state index in [0.29, 0.717) is 39.3 Å². The standard InChI is InChI=1S/C18H26N4O3/c1-14(20-15(2)23)18(25)22-10-8-21(9-11-22)13-17(24)19-12-16-6-4-3-5-7-16/h3-7,14H,8-13H2,1-2H3,(H,19,24)(H,20,23). The molecule has 0 bridgehead atoms. The Morgan fingerprint density at radius 2 is 1.72 bits per heavy atom. The molecule has 0 radical (unpaired) electrons. The number of amides is 3. The highest BCUT2D eigenvalue weighted by atomic mass is 16.2. The number of benzene rings is 1. The molecular weight excluding hydrogens is 320 g/mol. The van der Waals surface area contributed by atoms with E-state index in [0.717, 1.165) is 5.56 Å². The second-order valence-electron chi connectivity index (χ2n) is 6.29. The molecule has 0 spiro atoms. The van der Waals surface area contributed by atoms with Crippen LogP contribution in [-0.2, 0) is 20.9 Å². The lowest BCUT2D eigenvalue weighted by molar-refractivity contribution is -0.137. The molecule has 0 saturated carbocycles. The molecule has 0 aliphatic carbocycles. The molecular formula is C18H26N4O3. The van der Waals surface area contributed by atoms with Crippen LogP contribution >= 0.6 is 0 Å². The van der Waals surface area contributed by atoms with Gasteiger partial charge in [0.25, 0.3) is 0 Å². The number of rotatable bonds is 6. The molecule has 1 unspecified atom stereocenters. The third-order valence-corrected chi connectivity index (χ3v) is 4.17. The van der Waals surface area contributed by atoms with Crippen molar-refractivity contribution in [3.63, 3.8) is 0 Å². The molecule has 1 aliphatic rings. The minimum Gasteiger partial charge on any atom is -0.351 e. The summed E-state index contributed by atoms with van der Waals surface area (Å²) in [6.45, 7) is 6.36. The van der Waals surface area contributed by atoms with Crippen LogP contribution in [0.3, 0.4) is 0 Å². The van der Waals surface area contributed by atoms with Gasteiger partial charge in [0.05, 0.1) is 6.54 Å². The highest BCUT2D eigenvalue weighted by Gasteiger charge is 2.25. The smallest absolute Gasteiger partial charge is 0.244 e. The van der Waals surface area contributed by atoms with Gasteiger partial charge < -0.3 is 15.5 Å². The highest BCUT2D eigenvalue weighted by molar-refractivity contribution is 5.86. The molecule has 1 atom stereocenters. The van der Waals surface area contributed by atoms with Gasteiger partial charge >= 0.3 is 0 Å². The summed E-state index contributed by atoms with van der Waals surface area (Å²) in [7, 11) is 0. The molecule has 1 aliphatic heterocycles. The number of piperazine rings is 1. The molecule has 1 heterocycles. The van der Waals surface area contributed by atoms with Crippen molar-refractivity contribution in [3.05, 3.63) is 35.9 Å². The molecule has 1 fully saturated rings. The quantitative estimate of drug-likeness (QED) is 0.758. The average Bonchev–Trinajstić information content (AvgIpc) is 2.60. The van der Waals surface area contributed by atoms with Crippen molar-refractivity contribution in [2.45, 2.75) is 26.4 Å². The first-order valence-corrected chi connectivity index (χ1v) is 8.54. The monoisotopic (exact) mass is 346 g/mol. The lowest BCUT2D eigenvalue weighted by Crippen LogP contribution is -2.55. The SMILES string of the molecule is CC(=O)NC(C)C(=O)N1CCN(CC(=O)NCc2ccccc2)CC1. The van der Waals surface area contributed by atoms with Crippen molar-refractivity contribution >= 4 is 17.7 Å². The lowest BCUT2D eigenvalue weighted by atomic mass is 10.2. The average molecular weight is 346 g/mol. The number of hydrogen-bond donors (Lipinski definition) is 2. The van der Waals surface area contributed by atoms with Gasteiger partial charge in [-0.05, 0) is 12.5 Å².